The van der Waals surface area contributed by atoms with Gasteiger partial charge in [0.2, 0.25) is 0 Å². The predicted molar refractivity (Wildman–Crippen MR) is 109 cm³/mol. The first-order valence-corrected chi connectivity index (χ1v) is 8.93. The van der Waals surface area contributed by atoms with Crippen molar-refractivity contribution in [2.75, 3.05) is 18.0 Å². The van der Waals surface area contributed by atoms with Crippen molar-refractivity contribution in [1.82, 2.24) is 0 Å². The molecule has 0 aromatic heterocycles. The van der Waals surface area contributed by atoms with E-state index in [1.54, 1.807) is 0 Å². The fourth-order valence-electron chi connectivity index (χ4n) is 2.71. The van der Waals surface area contributed by atoms with Crippen LogP contribution in [-0.4, -0.2) is 13.1 Å². The Morgan fingerprint density at radius 3 is 1.62 bits per heavy atom. The van der Waals surface area contributed by atoms with E-state index in [1.165, 1.54) is 22.4 Å². The maximum absolute atomic E-state index is 2.36. The molecule has 126 valence electrons. The minimum atomic E-state index is 0.585. The van der Waals surface area contributed by atoms with Crippen LogP contribution in [0.5, 0.6) is 0 Å². The first-order valence-electron chi connectivity index (χ1n) is 8.93. The molecule has 24 heavy (non-hydrogen) atoms. The van der Waals surface area contributed by atoms with Crippen molar-refractivity contribution < 1.29 is 0 Å². The van der Waals surface area contributed by atoms with Crippen LogP contribution < -0.4 is 4.90 Å². The summed E-state index contributed by atoms with van der Waals surface area (Å²) in [6.45, 7) is 10.9. The first kappa shape index (κ1) is 18.1. The van der Waals surface area contributed by atoms with E-state index in [9.17, 15) is 0 Å². The van der Waals surface area contributed by atoms with E-state index >= 15 is 0 Å². The lowest BCUT2D eigenvalue weighted by Crippen LogP contribution is -2.21. The Hall–Kier alpha value is -2.28. The van der Waals surface area contributed by atoms with Crippen molar-refractivity contribution in [3.63, 3.8) is 0 Å². The second kappa shape index (κ2) is 9.12. The van der Waals surface area contributed by atoms with Gasteiger partial charge in [-0.25, -0.2) is 0 Å². The third-order valence-electron chi connectivity index (χ3n) is 4.31. The van der Waals surface area contributed by atoms with Crippen molar-refractivity contribution in [3.05, 3.63) is 77.4 Å². The van der Waals surface area contributed by atoms with Crippen LogP contribution in [0.3, 0.4) is 0 Å². The van der Waals surface area contributed by atoms with Gasteiger partial charge in [0.25, 0.3) is 0 Å². The van der Waals surface area contributed by atoms with Gasteiger partial charge in [-0.2, -0.15) is 0 Å². The zero-order valence-corrected chi connectivity index (χ0v) is 15.4. The van der Waals surface area contributed by atoms with Gasteiger partial charge in [0, 0.05) is 18.8 Å². The second-order valence-corrected chi connectivity index (χ2v) is 6.30. The number of rotatable bonds is 7. The molecule has 1 heteroatoms. The van der Waals surface area contributed by atoms with Crippen molar-refractivity contribution >= 4 is 17.8 Å². The van der Waals surface area contributed by atoms with Gasteiger partial charge in [-0.05, 0) is 48.6 Å². The standard InChI is InChI=1S/C23H29N/c1-5-24(6-2)23-17-13-21(14-18-23)10-8-7-9-20-11-15-22(16-12-20)19(3)4/h7-19H,5-6H2,1-4H3/b9-7+,10-8+. The van der Waals surface area contributed by atoms with Gasteiger partial charge < -0.3 is 4.90 Å². The summed E-state index contributed by atoms with van der Waals surface area (Å²) < 4.78 is 0. The molecule has 2 rings (SSSR count). The molecular formula is C23H29N. The highest BCUT2D eigenvalue weighted by molar-refractivity contribution is 5.59. The molecule has 0 radical (unpaired) electrons. The molecule has 0 saturated carbocycles. The second-order valence-electron chi connectivity index (χ2n) is 6.30. The Morgan fingerprint density at radius 2 is 1.21 bits per heavy atom. The van der Waals surface area contributed by atoms with Crippen molar-refractivity contribution in [3.8, 4) is 0 Å². The van der Waals surface area contributed by atoms with Gasteiger partial charge in [0.1, 0.15) is 0 Å². The third-order valence-corrected chi connectivity index (χ3v) is 4.31. The van der Waals surface area contributed by atoms with Crippen LogP contribution in [0.2, 0.25) is 0 Å². The van der Waals surface area contributed by atoms with Crippen LogP contribution in [0.15, 0.2) is 60.7 Å². The molecule has 2 aromatic rings. The Morgan fingerprint density at radius 1 is 0.750 bits per heavy atom. The fraction of sp³-hybridized carbons (Fsp3) is 0.304. The lowest BCUT2D eigenvalue weighted by Gasteiger charge is -2.20. The zero-order valence-electron chi connectivity index (χ0n) is 15.4. The van der Waals surface area contributed by atoms with Crippen LogP contribution in [0.25, 0.3) is 12.2 Å². The summed E-state index contributed by atoms with van der Waals surface area (Å²) in [5.74, 6) is 0.585. The SMILES string of the molecule is CCN(CC)c1ccc(/C=C/C=C/c2ccc(C(C)C)cc2)cc1. The number of hydrogen-bond donors (Lipinski definition) is 0. The van der Waals surface area contributed by atoms with E-state index in [-0.39, 0.29) is 0 Å². The summed E-state index contributed by atoms with van der Waals surface area (Å²) in [6.07, 6.45) is 8.49. The van der Waals surface area contributed by atoms with Crippen molar-refractivity contribution in [2.45, 2.75) is 33.6 Å². The number of nitrogens with zero attached hydrogens (tertiary/aromatic N) is 1. The maximum Gasteiger partial charge on any atom is 0.0366 e. The molecule has 0 aliphatic rings. The van der Waals surface area contributed by atoms with E-state index < -0.39 is 0 Å². The van der Waals surface area contributed by atoms with Gasteiger partial charge in [0.05, 0.1) is 0 Å². The highest BCUT2D eigenvalue weighted by Crippen LogP contribution is 2.17. The Balaban J connectivity index is 1.95. The summed E-state index contributed by atoms with van der Waals surface area (Å²) in [4.78, 5) is 2.36. The van der Waals surface area contributed by atoms with Gasteiger partial charge >= 0.3 is 0 Å². The smallest absolute Gasteiger partial charge is 0.0366 e. The van der Waals surface area contributed by atoms with E-state index in [0.717, 1.165) is 13.1 Å². The summed E-state index contributed by atoms with van der Waals surface area (Å²) in [5, 5.41) is 0. The lowest BCUT2D eigenvalue weighted by atomic mass is 10.0. The Labute approximate surface area is 147 Å². The summed E-state index contributed by atoms with van der Waals surface area (Å²) >= 11 is 0. The monoisotopic (exact) mass is 319 g/mol. The van der Waals surface area contributed by atoms with Gasteiger partial charge in [-0.15, -0.1) is 0 Å². The zero-order chi connectivity index (χ0) is 17.4. The molecule has 0 atom stereocenters. The predicted octanol–water partition coefficient (Wildman–Crippen LogP) is 6.38. The molecule has 0 aliphatic carbocycles. The van der Waals surface area contributed by atoms with Gasteiger partial charge in [0.15, 0.2) is 0 Å². The highest BCUT2D eigenvalue weighted by atomic mass is 15.1. The Kier molecular flexibility index (Phi) is 6.87. The minimum Gasteiger partial charge on any atom is -0.372 e. The molecule has 0 unspecified atom stereocenters. The molecule has 0 amide bonds. The molecule has 0 bridgehead atoms. The minimum absolute atomic E-state index is 0.585. The largest absolute Gasteiger partial charge is 0.372 e. The highest BCUT2D eigenvalue weighted by Gasteiger charge is 2.00. The summed E-state index contributed by atoms with van der Waals surface area (Å²) in [5.41, 5.74) is 5.14. The number of anilines is 1. The number of hydrogen-bond acceptors (Lipinski definition) is 1. The van der Waals surface area contributed by atoms with Gasteiger partial charge in [-0.1, -0.05) is 74.5 Å². The lowest BCUT2D eigenvalue weighted by molar-refractivity contribution is 0.866. The third kappa shape index (κ3) is 5.13. The van der Waals surface area contributed by atoms with Crippen LogP contribution in [-0.2, 0) is 0 Å². The molecule has 0 aliphatic heterocycles. The van der Waals surface area contributed by atoms with Gasteiger partial charge in [-0.3, -0.25) is 0 Å². The number of benzene rings is 2. The quantitative estimate of drug-likeness (QED) is 0.535. The molecule has 0 heterocycles. The fourth-order valence-corrected chi connectivity index (χ4v) is 2.71. The number of allylic oxidation sites excluding steroid dienone is 2. The molecule has 0 N–H and O–H groups in total. The average Bonchev–Trinajstić information content (AvgIpc) is 2.61. The van der Waals surface area contributed by atoms with E-state index in [1.807, 2.05) is 0 Å². The average molecular weight is 319 g/mol. The van der Waals surface area contributed by atoms with Crippen LogP contribution in [0, 0.1) is 0 Å². The van der Waals surface area contributed by atoms with Crippen molar-refractivity contribution in [2.24, 2.45) is 0 Å². The Bertz CT molecular complexity index is 656. The molecule has 1 nitrogen and oxygen atoms in total. The maximum atomic E-state index is 2.36. The van der Waals surface area contributed by atoms with Crippen LogP contribution >= 0.6 is 0 Å². The molecular weight excluding hydrogens is 290 g/mol. The van der Waals surface area contributed by atoms with Crippen molar-refractivity contribution in [1.29, 1.82) is 0 Å². The first-order chi connectivity index (χ1) is 11.6. The molecule has 2 aromatic carbocycles. The topological polar surface area (TPSA) is 3.24 Å². The molecule has 0 saturated heterocycles. The van der Waals surface area contributed by atoms with E-state index in [0.29, 0.717) is 5.92 Å². The summed E-state index contributed by atoms with van der Waals surface area (Å²) in [7, 11) is 0. The molecule has 0 spiro atoms. The molecule has 0 fully saturated rings. The van der Waals surface area contributed by atoms with E-state index in [4.69, 9.17) is 0 Å². The van der Waals surface area contributed by atoms with E-state index in [2.05, 4.69) is 105 Å². The normalized spacial score (nSPS) is 11.7. The van der Waals surface area contributed by atoms with Crippen LogP contribution in [0.4, 0.5) is 5.69 Å². The van der Waals surface area contributed by atoms with Crippen LogP contribution in [0.1, 0.15) is 50.3 Å². The summed E-state index contributed by atoms with van der Waals surface area (Å²) in [6, 6.07) is 17.5.